The molecular weight excluding hydrogens is 310 g/mol. The molecule has 0 atom stereocenters. The molecule has 8 nitrogen and oxygen atoms in total. The zero-order valence-electron chi connectivity index (χ0n) is 9.60. The molecule has 0 unspecified atom stereocenters. The highest BCUT2D eigenvalue weighted by molar-refractivity contribution is 7.86. The third kappa shape index (κ3) is 2.54. The fourth-order valence-corrected chi connectivity index (χ4v) is 2.74. The van der Waals surface area contributed by atoms with Gasteiger partial charge in [0.15, 0.2) is 0 Å². The number of phenols is 1. The van der Waals surface area contributed by atoms with E-state index in [-0.39, 0.29) is 16.5 Å². The number of nitrogens with two attached hydrogens (primary N) is 1. The number of aromatic hydroxyl groups is 1. The fourth-order valence-electron chi connectivity index (χ4n) is 1.69. The topological polar surface area (TPSA) is 155 Å². The highest BCUT2D eigenvalue weighted by Gasteiger charge is 2.18. The van der Waals surface area contributed by atoms with Crippen molar-refractivity contribution in [3.8, 4) is 5.75 Å². The minimum absolute atomic E-state index is 0.0511. The van der Waals surface area contributed by atoms with Gasteiger partial charge in [-0.3, -0.25) is 9.11 Å². The van der Waals surface area contributed by atoms with Gasteiger partial charge in [-0.15, -0.1) is 0 Å². The summed E-state index contributed by atoms with van der Waals surface area (Å²) in [6.45, 7) is 0. The fraction of sp³-hybridized carbons (Fsp3) is 0. The van der Waals surface area contributed by atoms with Gasteiger partial charge in [0.05, 0.1) is 11.0 Å². The van der Waals surface area contributed by atoms with E-state index in [1.807, 2.05) is 6.07 Å². The Morgan fingerprint density at radius 1 is 1.00 bits per heavy atom. The first-order chi connectivity index (χ1) is 9.00. The third-order valence-corrected chi connectivity index (χ3v) is 4.12. The Hall–Kier alpha value is -1.88. The van der Waals surface area contributed by atoms with Gasteiger partial charge in [0, 0.05) is 11.1 Å². The van der Waals surface area contributed by atoms with Gasteiger partial charge in [0.1, 0.15) is 10.6 Å². The van der Waals surface area contributed by atoms with E-state index in [4.69, 9.17) is 14.8 Å². The molecule has 0 saturated heterocycles. The first-order valence-corrected chi connectivity index (χ1v) is 7.81. The maximum absolute atomic E-state index is 11.1. The zero-order chi connectivity index (χ0) is 15.3. The summed E-state index contributed by atoms with van der Waals surface area (Å²) in [6, 6.07) is 4.69. The molecule has 0 aromatic heterocycles. The van der Waals surface area contributed by atoms with Crippen molar-refractivity contribution in [2.45, 2.75) is 9.79 Å². The lowest BCUT2D eigenvalue weighted by Crippen LogP contribution is -2.02. The highest BCUT2D eigenvalue weighted by atomic mass is 32.2. The third-order valence-electron chi connectivity index (χ3n) is 2.51. The maximum Gasteiger partial charge on any atom is 0.295 e. The summed E-state index contributed by atoms with van der Waals surface area (Å²) in [6.07, 6.45) is 0. The van der Waals surface area contributed by atoms with E-state index < -0.39 is 35.8 Å². The number of fused-ring (bicyclic) bond motifs is 1. The molecule has 10 heteroatoms. The van der Waals surface area contributed by atoms with E-state index in [9.17, 15) is 21.9 Å². The Kier molecular flexibility index (Phi) is 3.13. The molecule has 2 rings (SSSR count). The number of phenolic OH excluding ortho intramolecular Hbond substituents is 1. The summed E-state index contributed by atoms with van der Waals surface area (Å²) in [5.41, 5.74) is 5.34. The van der Waals surface area contributed by atoms with Gasteiger partial charge < -0.3 is 10.8 Å². The molecule has 0 saturated carbocycles. The monoisotopic (exact) mass is 318 g/mol. The minimum atomic E-state index is -4.65. The Labute approximate surface area is 114 Å². The number of anilines is 1. The number of hydrogen-bond acceptors (Lipinski definition) is 6. The summed E-state index contributed by atoms with van der Waals surface area (Å²) >= 11 is 0. The van der Waals surface area contributed by atoms with E-state index in [1.165, 1.54) is 0 Å². The standard InChI is InChI=1S/C10H8NO7S2/c11-8-3-6(19(13,14)15)1-5-2-7(20(16,17)18)4-9(12)10(5)8/h1-3,12H,11H2,(H,13,14,15)(H,16,17,18). The molecule has 2 aromatic rings. The van der Waals surface area contributed by atoms with Gasteiger partial charge in [0.2, 0.25) is 0 Å². The Morgan fingerprint density at radius 2 is 1.60 bits per heavy atom. The largest absolute Gasteiger partial charge is 0.507 e. The van der Waals surface area contributed by atoms with Crippen LogP contribution < -0.4 is 5.73 Å². The SMILES string of the molecule is Nc1cc(S(=O)(=O)O)cc2cc(S(=O)(=O)O)[c]c(O)c12. The van der Waals surface area contributed by atoms with Crippen LogP contribution in [0.25, 0.3) is 10.8 Å². The van der Waals surface area contributed by atoms with Gasteiger partial charge in [0.25, 0.3) is 20.2 Å². The van der Waals surface area contributed by atoms with E-state index in [0.29, 0.717) is 0 Å². The quantitative estimate of drug-likeness (QED) is 0.458. The van der Waals surface area contributed by atoms with Crippen LogP contribution in [0.15, 0.2) is 28.0 Å². The van der Waals surface area contributed by atoms with Gasteiger partial charge in [-0.05, 0) is 23.6 Å². The Bertz CT molecular complexity index is 844. The Morgan fingerprint density at radius 3 is 2.10 bits per heavy atom. The summed E-state index contributed by atoms with van der Waals surface area (Å²) in [5.74, 6) is -0.672. The van der Waals surface area contributed by atoms with E-state index in [2.05, 4.69) is 0 Å². The van der Waals surface area contributed by atoms with Gasteiger partial charge in [-0.25, -0.2) is 0 Å². The second kappa shape index (κ2) is 4.31. The summed E-state index contributed by atoms with van der Waals surface area (Å²) in [5, 5.41) is 9.52. The molecule has 0 heterocycles. The highest BCUT2D eigenvalue weighted by Crippen LogP contribution is 2.34. The molecule has 5 N–H and O–H groups in total. The van der Waals surface area contributed by atoms with Crippen LogP contribution in [0.2, 0.25) is 0 Å². The average Bonchev–Trinajstić information content (AvgIpc) is 2.25. The van der Waals surface area contributed by atoms with Crippen LogP contribution in [0.5, 0.6) is 5.75 Å². The first kappa shape index (κ1) is 14.5. The van der Waals surface area contributed by atoms with Gasteiger partial charge in [-0.2, -0.15) is 16.8 Å². The van der Waals surface area contributed by atoms with E-state index in [0.717, 1.165) is 18.2 Å². The van der Waals surface area contributed by atoms with Crippen LogP contribution in [-0.2, 0) is 20.2 Å². The minimum Gasteiger partial charge on any atom is -0.507 e. The molecular formula is C10H8NO7S2. The molecule has 0 fully saturated rings. The predicted molar refractivity (Wildman–Crippen MR) is 68.5 cm³/mol. The van der Waals surface area contributed by atoms with Crippen LogP contribution in [-0.4, -0.2) is 31.0 Å². The average molecular weight is 318 g/mol. The molecule has 2 aromatic carbocycles. The van der Waals surface area contributed by atoms with Crippen molar-refractivity contribution in [2.75, 3.05) is 5.73 Å². The summed E-state index contributed by atoms with van der Waals surface area (Å²) < 4.78 is 62.0. The molecule has 20 heavy (non-hydrogen) atoms. The normalized spacial score (nSPS) is 12.7. The molecule has 0 aliphatic heterocycles. The molecule has 0 bridgehead atoms. The van der Waals surface area contributed by atoms with E-state index >= 15 is 0 Å². The Balaban J connectivity index is 2.95. The predicted octanol–water partition coefficient (Wildman–Crippen LogP) is 0.421. The first-order valence-electron chi connectivity index (χ1n) is 4.93. The van der Waals surface area contributed by atoms with Crippen molar-refractivity contribution in [3.05, 3.63) is 24.3 Å². The van der Waals surface area contributed by atoms with Crippen molar-refractivity contribution in [1.29, 1.82) is 0 Å². The van der Waals surface area contributed by atoms with Crippen molar-refractivity contribution in [3.63, 3.8) is 0 Å². The lowest BCUT2D eigenvalue weighted by molar-refractivity contribution is 0.469. The molecule has 0 aliphatic carbocycles. The lowest BCUT2D eigenvalue weighted by atomic mass is 10.1. The zero-order valence-corrected chi connectivity index (χ0v) is 11.2. The molecule has 0 spiro atoms. The molecule has 0 amide bonds. The number of hydrogen-bond donors (Lipinski definition) is 4. The van der Waals surface area contributed by atoms with Crippen molar-refractivity contribution < 1.29 is 31.0 Å². The van der Waals surface area contributed by atoms with Crippen LogP contribution in [0, 0.1) is 6.07 Å². The number of rotatable bonds is 2. The van der Waals surface area contributed by atoms with E-state index in [1.54, 1.807) is 0 Å². The summed E-state index contributed by atoms with van der Waals surface area (Å²) in [7, 11) is -9.21. The molecule has 0 aliphatic rings. The molecule has 107 valence electrons. The van der Waals surface area contributed by atoms with Crippen molar-refractivity contribution in [1.82, 2.24) is 0 Å². The van der Waals surface area contributed by atoms with Gasteiger partial charge in [-0.1, -0.05) is 0 Å². The maximum atomic E-state index is 11.1. The van der Waals surface area contributed by atoms with Crippen LogP contribution in [0.1, 0.15) is 0 Å². The number of nitrogen functional groups attached to an aromatic ring is 1. The van der Waals surface area contributed by atoms with Crippen LogP contribution >= 0.6 is 0 Å². The van der Waals surface area contributed by atoms with Crippen LogP contribution in [0.3, 0.4) is 0 Å². The van der Waals surface area contributed by atoms with Gasteiger partial charge >= 0.3 is 0 Å². The van der Waals surface area contributed by atoms with Crippen LogP contribution in [0.4, 0.5) is 5.69 Å². The lowest BCUT2D eigenvalue weighted by Gasteiger charge is -2.08. The van der Waals surface area contributed by atoms with Crippen molar-refractivity contribution >= 4 is 36.7 Å². The smallest absolute Gasteiger partial charge is 0.295 e. The number of benzene rings is 2. The molecule has 1 radical (unpaired) electrons. The van der Waals surface area contributed by atoms with Crippen molar-refractivity contribution in [2.24, 2.45) is 0 Å². The second-order valence-electron chi connectivity index (χ2n) is 3.91. The second-order valence-corrected chi connectivity index (χ2v) is 6.72. The summed E-state index contributed by atoms with van der Waals surface area (Å²) in [4.78, 5) is -1.33.